The number of imide groups is 1. The van der Waals surface area contributed by atoms with E-state index < -0.39 is 11.8 Å². The lowest BCUT2D eigenvalue weighted by atomic mass is 10.3. The number of amides is 4. The van der Waals surface area contributed by atoms with Crippen molar-refractivity contribution in [1.82, 2.24) is 26.2 Å². The van der Waals surface area contributed by atoms with Crippen LogP contribution in [0.4, 0.5) is 5.69 Å². The van der Waals surface area contributed by atoms with E-state index in [1.807, 2.05) is 11.2 Å². The molecule has 61 heavy (non-hydrogen) atoms. The number of carbonyl (C=O) groups excluding carboxylic acids is 4. The van der Waals surface area contributed by atoms with Crippen LogP contribution in [0.3, 0.4) is 0 Å². The number of ether oxygens (including phenoxy) is 5. The highest BCUT2D eigenvalue weighted by Gasteiger charge is 2.16. The van der Waals surface area contributed by atoms with Crippen molar-refractivity contribution in [2.75, 3.05) is 84.9 Å². The Balaban J connectivity index is 0. The van der Waals surface area contributed by atoms with Crippen LogP contribution in [0.15, 0.2) is 48.8 Å². The fourth-order valence-corrected chi connectivity index (χ4v) is 4.64. The van der Waals surface area contributed by atoms with E-state index in [9.17, 15) is 24.3 Å². The average molecular weight is 867 g/mol. The fourth-order valence-electron chi connectivity index (χ4n) is 4.64. The van der Waals surface area contributed by atoms with Gasteiger partial charge in [0, 0.05) is 70.9 Å². The molecule has 16 heteroatoms. The van der Waals surface area contributed by atoms with Crippen LogP contribution < -0.4 is 21.6 Å². The number of aromatic hydroxyl groups is 1. The van der Waals surface area contributed by atoms with E-state index in [1.165, 1.54) is 38.3 Å². The molecule has 1 aromatic carbocycles. The predicted molar refractivity (Wildman–Crippen MR) is 242 cm³/mol. The molecule has 1 aromatic rings. The van der Waals surface area contributed by atoms with Crippen molar-refractivity contribution in [2.24, 2.45) is 0 Å². The highest BCUT2D eigenvalue weighted by Crippen LogP contribution is 2.13. The summed E-state index contributed by atoms with van der Waals surface area (Å²) in [6.45, 7) is 23.5. The summed E-state index contributed by atoms with van der Waals surface area (Å²) in [7, 11) is 1.73. The van der Waals surface area contributed by atoms with Gasteiger partial charge in [-0.1, -0.05) is 66.9 Å². The summed E-state index contributed by atoms with van der Waals surface area (Å²) in [5.74, 6) is -1.06. The van der Waals surface area contributed by atoms with Gasteiger partial charge in [-0.05, 0) is 69.4 Å². The summed E-state index contributed by atoms with van der Waals surface area (Å²) in [6, 6.07) is 6.34. The molecule has 5 N–H and O–H groups in total. The van der Waals surface area contributed by atoms with Crippen LogP contribution in [0.25, 0.3) is 0 Å². The highest BCUT2D eigenvalue weighted by molar-refractivity contribution is 6.00. The molecule has 0 radical (unpaired) electrons. The van der Waals surface area contributed by atoms with Gasteiger partial charge in [0.25, 0.3) is 5.91 Å². The molecule has 352 valence electrons. The molecular weight excluding hydrogens is 785 g/mol. The molecule has 4 amide bonds. The number of anilines is 1. The second-order valence-electron chi connectivity index (χ2n) is 13.9. The standard InChI is InChI=1S/C17H26N4O4.C15H26N2O4.C8H18O.C5H12O/c1-2-14-13-21(20-19-14)8-10-25-12-11-24-9-7-17(23)18-15-3-5-16(22)6-4-15;1-4-6-7-11-21-12-9-16-14(19)8-10-17(13(3)18)15(20)5-2;1-3-5-6-8-9-7-4-2;1-4-5(2)6-3/h3-6,13,19-20,22H,2,7-12H2,1H3,(H,18,23);5H,2,4,6-12H2,1,3H3,(H,16,19);3-8H2,1-2H3;5H,4H2,1-3H3. The number of rotatable bonds is 30. The number of nitrogens with zero attached hydrogens (tertiary/aromatic N) is 2. The van der Waals surface area contributed by atoms with Crippen LogP contribution in [0.2, 0.25) is 0 Å². The molecule has 0 aromatic heterocycles. The molecule has 0 saturated heterocycles. The van der Waals surface area contributed by atoms with E-state index >= 15 is 0 Å². The van der Waals surface area contributed by atoms with Gasteiger partial charge >= 0.3 is 0 Å². The summed E-state index contributed by atoms with van der Waals surface area (Å²) in [4.78, 5) is 46.9. The van der Waals surface area contributed by atoms with Gasteiger partial charge in [0.15, 0.2) is 0 Å². The van der Waals surface area contributed by atoms with Gasteiger partial charge in [0.1, 0.15) is 5.75 Å². The van der Waals surface area contributed by atoms with Crippen molar-refractivity contribution in [2.45, 2.75) is 125 Å². The second-order valence-corrected chi connectivity index (χ2v) is 13.9. The van der Waals surface area contributed by atoms with E-state index in [0.717, 1.165) is 75.0 Å². The smallest absolute Gasteiger partial charge is 0.252 e. The van der Waals surface area contributed by atoms with Crippen LogP contribution in [0.1, 0.15) is 119 Å². The Morgan fingerprint density at radius 1 is 0.803 bits per heavy atom. The maximum absolute atomic E-state index is 11.7. The number of phenolic OH excluding ortho intramolecular Hbond substituents is 1. The molecule has 1 heterocycles. The maximum Gasteiger partial charge on any atom is 0.252 e. The molecule has 0 spiro atoms. The zero-order valence-electron chi connectivity index (χ0n) is 38.8. The molecular formula is C45H82N6O10. The van der Waals surface area contributed by atoms with Gasteiger partial charge in [-0.15, -0.1) is 5.53 Å². The quantitative estimate of drug-likeness (QED) is 0.0315. The molecule has 1 atom stereocenters. The molecule has 0 fully saturated rings. The first-order valence-corrected chi connectivity index (χ1v) is 22.0. The first-order chi connectivity index (χ1) is 29.4. The summed E-state index contributed by atoms with van der Waals surface area (Å²) in [6.07, 6.45) is 14.2. The molecule has 0 aliphatic carbocycles. The fraction of sp³-hybridized carbons (Fsp3) is 0.689. The minimum atomic E-state index is -0.491. The third kappa shape index (κ3) is 37.4. The number of hydrogen-bond acceptors (Lipinski definition) is 13. The first kappa shape index (κ1) is 59.0. The third-order valence-corrected chi connectivity index (χ3v) is 8.59. The van der Waals surface area contributed by atoms with Crippen LogP contribution in [0.5, 0.6) is 5.75 Å². The molecule has 1 aliphatic rings. The van der Waals surface area contributed by atoms with Gasteiger partial charge in [-0.3, -0.25) is 29.1 Å². The Bertz CT molecular complexity index is 1270. The minimum absolute atomic E-state index is 0.0589. The van der Waals surface area contributed by atoms with Crippen molar-refractivity contribution in [3.63, 3.8) is 0 Å². The Morgan fingerprint density at radius 3 is 1.92 bits per heavy atom. The molecule has 0 bridgehead atoms. The SMILES string of the molecule is C=CC(=O)N(CCC(=O)NCCOCCCCC)C(C)=O.CCC(C)OC.CCC1=CN(CCOCCOCCC(=O)Nc2ccc(O)cc2)NN1.CCCCCOCCC. The Hall–Kier alpha value is -4.06. The zero-order chi connectivity index (χ0) is 45.9. The van der Waals surface area contributed by atoms with Gasteiger partial charge in [0.2, 0.25) is 17.7 Å². The highest BCUT2D eigenvalue weighted by atomic mass is 16.5. The van der Waals surface area contributed by atoms with E-state index in [1.54, 1.807) is 19.2 Å². The number of nitrogens with one attached hydrogen (secondary N) is 4. The maximum atomic E-state index is 11.7. The normalized spacial score (nSPS) is 11.9. The first-order valence-electron chi connectivity index (χ1n) is 22.0. The van der Waals surface area contributed by atoms with E-state index in [4.69, 9.17) is 23.7 Å². The van der Waals surface area contributed by atoms with Crippen LogP contribution in [-0.4, -0.2) is 124 Å². The van der Waals surface area contributed by atoms with Crippen molar-refractivity contribution in [1.29, 1.82) is 0 Å². The number of methoxy groups -OCH3 is 1. The molecule has 1 unspecified atom stereocenters. The number of allylic oxidation sites excluding steroid dienone is 1. The molecule has 16 nitrogen and oxygen atoms in total. The lowest BCUT2D eigenvalue weighted by Crippen LogP contribution is -2.38. The topological polar surface area (TPSA) is 189 Å². The monoisotopic (exact) mass is 867 g/mol. The minimum Gasteiger partial charge on any atom is -0.508 e. The van der Waals surface area contributed by atoms with Crippen LogP contribution in [0, 0.1) is 0 Å². The van der Waals surface area contributed by atoms with Crippen LogP contribution in [-0.2, 0) is 42.9 Å². The van der Waals surface area contributed by atoms with E-state index in [2.05, 4.69) is 69.7 Å². The van der Waals surface area contributed by atoms with Gasteiger partial charge < -0.3 is 44.9 Å². The molecule has 1 aliphatic heterocycles. The van der Waals surface area contributed by atoms with Gasteiger partial charge in [0.05, 0.1) is 52.1 Å². The molecule has 2 rings (SSSR count). The number of unbranched alkanes of at least 4 members (excludes halogenated alkanes) is 4. The number of hydrazine groups is 2. The van der Waals surface area contributed by atoms with Crippen molar-refractivity contribution >= 4 is 29.3 Å². The van der Waals surface area contributed by atoms with Crippen molar-refractivity contribution in [3.05, 3.63) is 48.8 Å². The lowest BCUT2D eigenvalue weighted by molar-refractivity contribution is -0.140. The average Bonchev–Trinajstić information content (AvgIpc) is 3.73. The summed E-state index contributed by atoms with van der Waals surface area (Å²) in [5.41, 5.74) is 7.88. The number of carbonyl (C=O) groups is 4. The summed E-state index contributed by atoms with van der Waals surface area (Å²) >= 11 is 0. The molecule has 0 saturated carbocycles. The number of benzene rings is 1. The van der Waals surface area contributed by atoms with Crippen molar-refractivity contribution in [3.8, 4) is 5.75 Å². The summed E-state index contributed by atoms with van der Waals surface area (Å²) < 4.78 is 26.4. The van der Waals surface area contributed by atoms with Gasteiger partial charge in [-0.2, -0.15) is 0 Å². The third-order valence-electron chi connectivity index (χ3n) is 8.59. The Labute approximate surface area is 367 Å². The Morgan fingerprint density at radius 2 is 1.41 bits per heavy atom. The van der Waals surface area contributed by atoms with E-state index in [0.29, 0.717) is 58.0 Å². The number of hydrogen-bond donors (Lipinski definition) is 5. The van der Waals surface area contributed by atoms with Gasteiger partial charge in [-0.25, -0.2) is 0 Å². The lowest BCUT2D eigenvalue weighted by Gasteiger charge is -2.16. The largest absolute Gasteiger partial charge is 0.508 e. The Kier molecular flexibility index (Phi) is 41.2. The predicted octanol–water partition coefficient (Wildman–Crippen LogP) is 6.63. The van der Waals surface area contributed by atoms with Crippen molar-refractivity contribution < 1.29 is 48.0 Å². The zero-order valence-corrected chi connectivity index (χ0v) is 38.8. The summed E-state index contributed by atoms with van der Waals surface area (Å²) in [5, 5.41) is 16.5. The van der Waals surface area contributed by atoms with Crippen LogP contribution >= 0.6 is 0 Å². The van der Waals surface area contributed by atoms with E-state index in [-0.39, 0.29) is 37.0 Å². The number of phenols is 1. The second kappa shape index (κ2) is 42.6.